The minimum atomic E-state index is -1.33. The number of aliphatic hydroxyl groups is 1. The number of carbonyl (C=O) groups excluding carboxylic acids is 1. The van der Waals surface area contributed by atoms with E-state index >= 15 is 0 Å². The summed E-state index contributed by atoms with van der Waals surface area (Å²) in [5, 5.41) is 13.1. The molecule has 0 unspecified atom stereocenters. The molecule has 4 aromatic rings. The number of carbonyl (C=O) groups is 1. The van der Waals surface area contributed by atoms with Crippen molar-refractivity contribution in [1.29, 1.82) is 0 Å². The van der Waals surface area contributed by atoms with Crippen molar-refractivity contribution >= 4 is 35.0 Å². The molecular formula is C36H36Cl2N2O4. The van der Waals surface area contributed by atoms with E-state index in [4.69, 9.17) is 42.8 Å². The van der Waals surface area contributed by atoms with Gasteiger partial charge in [-0.2, -0.15) is 0 Å². The summed E-state index contributed by atoms with van der Waals surface area (Å²) in [7, 11) is 0. The van der Waals surface area contributed by atoms with E-state index in [1.54, 1.807) is 18.2 Å². The molecule has 1 amide bonds. The second-order valence-corrected chi connectivity index (χ2v) is 11.7. The molecule has 8 heteroatoms. The minimum Gasteiger partial charge on any atom is -0.494 e. The third-order valence-electron chi connectivity index (χ3n) is 7.61. The lowest BCUT2D eigenvalue weighted by Crippen LogP contribution is -2.50. The molecule has 2 N–H and O–H groups in total. The van der Waals surface area contributed by atoms with Crippen LogP contribution in [0.2, 0.25) is 10.0 Å². The van der Waals surface area contributed by atoms with E-state index in [-0.39, 0.29) is 12.5 Å². The molecule has 2 atom stereocenters. The normalized spacial score (nSPS) is 17.5. The SMILES string of the molecule is O=C(NCCCCc1ccccc1)[C@]1(Cc2ccccc2)N=C(c2ccc(OCCCO)cc2)O[C@@H]1c1ccc(Cl)cc1Cl. The second-order valence-electron chi connectivity index (χ2n) is 10.8. The Balaban J connectivity index is 1.45. The monoisotopic (exact) mass is 630 g/mol. The average molecular weight is 632 g/mol. The highest BCUT2D eigenvalue weighted by atomic mass is 35.5. The minimum absolute atomic E-state index is 0.0654. The number of hydrogen-bond donors (Lipinski definition) is 2. The zero-order valence-corrected chi connectivity index (χ0v) is 25.9. The molecule has 0 radical (unpaired) electrons. The molecule has 0 aromatic heterocycles. The first-order chi connectivity index (χ1) is 21.5. The van der Waals surface area contributed by atoms with Crippen molar-refractivity contribution in [2.45, 2.75) is 43.7 Å². The Morgan fingerprint density at radius 1 is 0.886 bits per heavy atom. The molecule has 1 aliphatic heterocycles. The summed E-state index contributed by atoms with van der Waals surface area (Å²) in [5.41, 5.74) is 2.24. The molecule has 0 aliphatic carbocycles. The van der Waals surface area contributed by atoms with Crippen LogP contribution in [0, 0.1) is 0 Å². The summed E-state index contributed by atoms with van der Waals surface area (Å²) in [6.07, 6.45) is 2.76. The lowest BCUT2D eigenvalue weighted by atomic mass is 9.82. The summed E-state index contributed by atoms with van der Waals surface area (Å²) >= 11 is 13.0. The van der Waals surface area contributed by atoms with Crippen LogP contribution in [0.1, 0.15) is 47.6 Å². The first kappa shape index (κ1) is 31.6. The van der Waals surface area contributed by atoms with Crippen molar-refractivity contribution in [3.63, 3.8) is 0 Å². The molecule has 0 saturated carbocycles. The van der Waals surface area contributed by atoms with Gasteiger partial charge in [-0.05, 0) is 66.8 Å². The summed E-state index contributed by atoms with van der Waals surface area (Å²) in [6.45, 7) is 0.986. The van der Waals surface area contributed by atoms with E-state index in [0.29, 0.717) is 58.8 Å². The van der Waals surface area contributed by atoms with Crippen molar-refractivity contribution in [1.82, 2.24) is 5.32 Å². The van der Waals surface area contributed by atoms with Crippen LogP contribution in [0.3, 0.4) is 0 Å². The number of unbranched alkanes of at least 4 members (excludes halogenated alkanes) is 1. The molecule has 0 fully saturated rings. The molecule has 4 aromatic carbocycles. The topological polar surface area (TPSA) is 80.2 Å². The third kappa shape index (κ3) is 7.81. The molecule has 228 valence electrons. The number of aryl methyl sites for hydroxylation is 1. The van der Waals surface area contributed by atoms with Crippen molar-refractivity contribution < 1.29 is 19.4 Å². The zero-order valence-electron chi connectivity index (χ0n) is 24.4. The fourth-order valence-electron chi connectivity index (χ4n) is 5.33. The molecule has 0 bridgehead atoms. The summed E-state index contributed by atoms with van der Waals surface area (Å²) in [6, 6.07) is 32.7. The van der Waals surface area contributed by atoms with E-state index in [1.165, 1.54) is 5.56 Å². The van der Waals surface area contributed by atoms with Crippen LogP contribution in [0.4, 0.5) is 0 Å². The fraction of sp³-hybridized carbons (Fsp3) is 0.278. The predicted molar refractivity (Wildman–Crippen MR) is 176 cm³/mol. The van der Waals surface area contributed by atoms with Gasteiger partial charge in [0.15, 0.2) is 11.6 Å². The number of ether oxygens (including phenoxy) is 2. The van der Waals surface area contributed by atoms with Gasteiger partial charge in [0.25, 0.3) is 5.91 Å². The van der Waals surface area contributed by atoms with Crippen LogP contribution < -0.4 is 10.1 Å². The maximum atomic E-state index is 14.3. The molecule has 6 nitrogen and oxygen atoms in total. The molecule has 1 heterocycles. The van der Waals surface area contributed by atoms with Crippen LogP contribution in [0.5, 0.6) is 5.75 Å². The summed E-state index contributed by atoms with van der Waals surface area (Å²) in [5.74, 6) is 0.788. The van der Waals surface area contributed by atoms with Crippen molar-refractivity contribution in [2.24, 2.45) is 4.99 Å². The van der Waals surface area contributed by atoms with Crippen LogP contribution in [-0.4, -0.2) is 42.2 Å². The quantitative estimate of drug-likeness (QED) is 0.142. The fourth-order valence-corrected chi connectivity index (χ4v) is 5.84. The van der Waals surface area contributed by atoms with E-state index in [0.717, 1.165) is 24.8 Å². The van der Waals surface area contributed by atoms with Crippen molar-refractivity contribution in [2.75, 3.05) is 19.8 Å². The highest BCUT2D eigenvalue weighted by Gasteiger charge is 2.53. The van der Waals surface area contributed by atoms with Crippen LogP contribution in [0.15, 0.2) is 108 Å². The van der Waals surface area contributed by atoms with Crippen LogP contribution >= 0.6 is 23.2 Å². The van der Waals surface area contributed by atoms with Gasteiger partial charge >= 0.3 is 0 Å². The first-order valence-electron chi connectivity index (χ1n) is 14.9. The smallest absolute Gasteiger partial charge is 0.252 e. The van der Waals surface area contributed by atoms with Gasteiger partial charge in [-0.1, -0.05) is 89.9 Å². The lowest BCUT2D eigenvalue weighted by molar-refractivity contribution is -0.128. The molecule has 0 spiro atoms. The predicted octanol–water partition coefficient (Wildman–Crippen LogP) is 7.39. The molecule has 5 rings (SSSR count). The number of aliphatic imine (C=N–C) groups is 1. The standard InChI is InChI=1S/C36H36Cl2N2O4/c37-29-17-20-31(32(38)24-29)33-36(25-27-13-5-2-6-14-27,35(42)39-21-8-7-12-26-10-3-1-4-11-26)40-34(44-33)28-15-18-30(19-16-28)43-23-9-22-41/h1-6,10-11,13-20,24,33,41H,7-9,12,21-23,25H2,(H,39,42)/t33-,36-/m1/s1. The lowest BCUT2D eigenvalue weighted by Gasteiger charge is -2.31. The molecule has 1 aliphatic rings. The Bertz CT molecular complexity index is 1550. The maximum Gasteiger partial charge on any atom is 0.252 e. The number of halogens is 2. The summed E-state index contributed by atoms with van der Waals surface area (Å²) < 4.78 is 12.3. The Kier molecular flexibility index (Phi) is 10.9. The van der Waals surface area contributed by atoms with Gasteiger partial charge in [0, 0.05) is 47.2 Å². The second kappa shape index (κ2) is 15.2. The Labute approximate surface area is 268 Å². The molecule has 44 heavy (non-hydrogen) atoms. The first-order valence-corrected chi connectivity index (χ1v) is 15.7. The van der Waals surface area contributed by atoms with Gasteiger partial charge < -0.3 is 19.9 Å². The molecule has 0 saturated heterocycles. The maximum absolute atomic E-state index is 14.3. The average Bonchev–Trinajstić information content (AvgIpc) is 3.42. The van der Waals surface area contributed by atoms with Gasteiger partial charge in [-0.25, -0.2) is 4.99 Å². The highest BCUT2D eigenvalue weighted by Crippen LogP contribution is 2.45. The number of nitrogens with one attached hydrogen (secondary N) is 1. The van der Waals surface area contributed by atoms with Gasteiger partial charge in [-0.15, -0.1) is 0 Å². The van der Waals surface area contributed by atoms with E-state index in [9.17, 15) is 4.79 Å². The number of benzene rings is 4. The molecular weight excluding hydrogens is 595 g/mol. The van der Waals surface area contributed by atoms with Gasteiger partial charge in [0.05, 0.1) is 6.61 Å². The van der Waals surface area contributed by atoms with E-state index < -0.39 is 11.6 Å². The van der Waals surface area contributed by atoms with Crippen LogP contribution in [0.25, 0.3) is 0 Å². The Hall–Kier alpha value is -3.84. The van der Waals surface area contributed by atoms with E-state index in [1.807, 2.05) is 72.8 Å². The van der Waals surface area contributed by atoms with Crippen molar-refractivity contribution in [3.8, 4) is 5.75 Å². The van der Waals surface area contributed by atoms with Crippen molar-refractivity contribution in [3.05, 3.63) is 135 Å². The Morgan fingerprint density at radius 3 is 2.27 bits per heavy atom. The largest absolute Gasteiger partial charge is 0.494 e. The van der Waals surface area contributed by atoms with Crippen LogP contribution in [-0.2, 0) is 22.4 Å². The number of nitrogens with zero attached hydrogens (tertiary/aromatic N) is 1. The number of amides is 1. The van der Waals surface area contributed by atoms with Gasteiger partial charge in [0.1, 0.15) is 5.75 Å². The van der Waals surface area contributed by atoms with E-state index in [2.05, 4.69) is 17.4 Å². The third-order valence-corrected chi connectivity index (χ3v) is 8.17. The highest BCUT2D eigenvalue weighted by molar-refractivity contribution is 6.35. The van der Waals surface area contributed by atoms with Gasteiger partial charge in [0.2, 0.25) is 5.90 Å². The zero-order chi connectivity index (χ0) is 30.8. The number of rotatable bonds is 14. The Morgan fingerprint density at radius 2 is 1.59 bits per heavy atom. The van der Waals surface area contributed by atoms with Gasteiger partial charge in [-0.3, -0.25) is 4.79 Å². The summed E-state index contributed by atoms with van der Waals surface area (Å²) in [4.78, 5) is 19.4. The number of aliphatic hydroxyl groups excluding tert-OH is 1. The number of hydrogen-bond acceptors (Lipinski definition) is 5.